The number of hydrogen-bond acceptors (Lipinski definition) is 4. The van der Waals surface area contributed by atoms with Crippen molar-refractivity contribution >= 4 is 22.5 Å². The number of carbonyl (C=O) groups excluding carboxylic acids is 1. The second kappa shape index (κ2) is 6.86. The van der Waals surface area contributed by atoms with Gasteiger partial charge in [-0.05, 0) is 43.3 Å². The van der Waals surface area contributed by atoms with Crippen molar-refractivity contribution in [1.82, 2.24) is 4.98 Å². The summed E-state index contributed by atoms with van der Waals surface area (Å²) < 4.78 is 18.6. The first kappa shape index (κ1) is 16.9. The third kappa shape index (κ3) is 3.44. The highest BCUT2D eigenvalue weighted by molar-refractivity contribution is 6.12. The predicted molar refractivity (Wildman–Crippen MR) is 93.3 cm³/mol. The second-order valence-electron chi connectivity index (χ2n) is 5.61. The first-order chi connectivity index (χ1) is 12.0. The number of ether oxygens (including phenoxy) is 1. The molecule has 25 heavy (non-hydrogen) atoms. The monoisotopic (exact) mass is 340 g/mol. The Morgan fingerprint density at radius 3 is 2.76 bits per heavy atom. The summed E-state index contributed by atoms with van der Waals surface area (Å²) in [6.45, 7) is 1.54. The summed E-state index contributed by atoms with van der Waals surface area (Å²) in [4.78, 5) is 17.0. The van der Waals surface area contributed by atoms with Crippen LogP contribution in [0.25, 0.3) is 10.9 Å². The molecular weight excluding hydrogens is 323 g/mol. The highest BCUT2D eigenvalue weighted by atomic mass is 19.1. The van der Waals surface area contributed by atoms with Crippen LogP contribution in [0.5, 0.6) is 5.75 Å². The van der Waals surface area contributed by atoms with Crippen LogP contribution in [0.4, 0.5) is 10.1 Å². The van der Waals surface area contributed by atoms with Gasteiger partial charge in [-0.2, -0.15) is 0 Å². The van der Waals surface area contributed by atoms with Crippen molar-refractivity contribution in [2.45, 2.75) is 13.5 Å². The molecule has 0 spiro atoms. The number of aliphatic hydroxyl groups is 1. The maximum absolute atomic E-state index is 13.4. The summed E-state index contributed by atoms with van der Waals surface area (Å²) in [5.74, 6) is -0.197. The Labute approximate surface area is 144 Å². The zero-order valence-corrected chi connectivity index (χ0v) is 13.8. The van der Waals surface area contributed by atoms with Crippen LogP contribution in [0.2, 0.25) is 0 Å². The standard InChI is InChI=1S/C19H17FN2O3/c1-11-7-16(15-5-3-13(20)9-17(15)21-11)19(24)22-14-4-6-18(25-2)12(8-14)10-23/h3-9,23H,10H2,1-2H3,(H,22,24). The van der Waals surface area contributed by atoms with Crippen LogP contribution >= 0.6 is 0 Å². The summed E-state index contributed by atoms with van der Waals surface area (Å²) in [7, 11) is 1.51. The summed E-state index contributed by atoms with van der Waals surface area (Å²) >= 11 is 0. The zero-order chi connectivity index (χ0) is 18.0. The number of nitrogens with zero attached hydrogens (tertiary/aromatic N) is 1. The molecule has 0 aliphatic heterocycles. The van der Waals surface area contributed by atoms with Gasteiger partial charge in [-0.1, -0.05) is 0 Å². The topological polar surface area (TPSA) is 71.5 Å². The van der Waals surface area contributed by atoms with E-state index in [9.17, 15) is 14.3 Å². The summed E-state index contributed by atoms with van der Waals surface area (Å²) in [5, 5.41) is 12.8. The van der Waals surface area contributed by atoms with E-state index in [4.69, 9.17) is 4.74 Å². The lowest BCUT2D eigenvalue weighted by Crippen LogP contribution is -2.13. The molecule has 0 fully saturated rings. The first-order valence-electron chi connectivity index (χ1n) is 7.68. The van der Waals surface area contributed by atoms with Crippen LogP contribution in [-0.2, 0) is 6.61 Å². The van der Waals surface area contributed by atoms with Crippen molar-refractivity contribution in [3.63, 3.8) is 0 Å². The van der Waals surface area contributed by atoms with Crippen molar-refractivity contribution in [3.8, 4) is 5.75 Å². The molecule has 1 amide bonds. The molecule has 0 saturated heterocycles. The summed E-state index contributed by atoms with van der Waals surface area (Å²) in [5.41, 5.74) is 2.55. The average Bonchev–Trinajstić information content (AvgIpc) is 2.60. The summed E-state index contributed by atoms with van der Waals surface area (Å²) in [6, 6.07) is 10.8. The molecule has 1 heterocycles. The minimum atomic E-state index is -0.403. The minimum absolute atomic E-state index is 0.205. The zero-order valence-electron chi connectivity index (χ0n) is 13.8. The van der Waals surface area contributed by atoms with Gasteiger partial charge in [-0.3, -0.25) is 9.78 Å². The lowest BCUT2D eigenvalue weighted by molar-refractivity contribution is 0.102. The molecule has 0 aliphatic carbocycles. The Kier molecular flexibility index (Phi) is 4.63. The SMILES string of the molecule is COc1ccc(NC(=O)c2cc(C)nc3cc(F)ccc23)cc1CO. The molecule has 2 N–H and O–H groups in total. The van der Waals surface area contributed by atoms with Gasteiger partial charge >= 0.3 is 0 Å². The van der Waals surface area contributed by atoms with Crippen LogP contribution in [0.15, 0.2) is 42.5 Å². The molecule has 1 aromatic heterocycles. The number of methoxy groups -OCH3 is 1. The fraction of sp³-hybridized carbons (Fsp3) is 0.158. The molecule has 0 aliphatic rings. The summed E-state index contributed by atoms with van der Waals surface area (Å²) in [6.07, 6.45) is 0. The van der Waals surface area contributed by atoms with Gasteiger partial charge in [0.05, 0.1) is 24.8 Å². The van der Waals surface area contributed by atoms with E-state index in [1.54, 1.807) is 37.3 Å². The molecular formula is C19H17FN2O3. The van der Waals surface area contributed by atoms with Crippen molar-refractivity contribution < 1.29 is 19.0 Å². The maximum atomic E-state index is 13.4. The molecule has 3 rings (SSSR count). The normalized spacial score (nSPS) is 10.7. The molecule has 0 saturated carbocycles. The molecule has 0 radical (unpaired) electrons. The van der Waals surface area contributed by atoms with Crippen molar-refractivity contribution in [2.24, 2.45) is 0 Å². The largest absolute Gasteiger partial charge is 0.496 e. The number of nitrogens with one attached hydrogen (secondary N) is 1. The van der Waals surface area contributed by atoms with Crippen LogP contribution in [-0.4, -0.2) is 23.1 Å². The van der Waals surface area contributed by atoms with Crippen molar-refractivity contribution in [3.05, 3.63) is 65.1 Å². The van der Waals surface area contributed by atoms with E-state index in [1.165, 1.54) is 19.2 Å². The second-order valence-corrected chi connectivity index (χ2v) is 5.61. The van der Waals surface area contributed by atoms with Gasteiger partial charge in [0, 0.05) is 28.4 Å². The number of hydrogen-bond donors (Lipinski definition) is 2. The maximum Gasteiger partial charge on any atom is 0.256 e. The number of aryl methyl sites for hydroxylation is 1. The number of fused-ring (bicyclic) bond motifs is 1. The van der Waals surface area contributed by atoms with Crippen molar-refractivity contribution in [2.75, 3.05) is 12.4 Å². The Morgan fingerprint density at radius 1 is 1.24 bits per heavy atom. The van der Waals surface area contributed by atoms with Gasteiger partial charge in [0.15, 0.2) is 0 Å². The molecule has 3 aromatic rings. The number of halogens is 1. The first-order valence-corrected chi connectivity index (χ1v) is 7.68. The number of aliphatic hydroxyl groups excluding tert-OH is 1. The van der Waals surface area contributed by atoms with Crippen molar-refractivity contribution in [1.29, 1.82) is 0 Å². The third-order valence-electron chi connectivity index (χ3n) is 3.85. The van der Waals surface area contributed by atoms with E-state index in [-0.39, 0.29) is 12.5 Å². The van der Waals surface area contributed by atoms with E-state index in [0.717, 1.165) is 0 Å². The lowest BCUT2D eigenvalue weighted by atomic mass is 10.1. The van der Waals surface area contributed by atoms with E-state index < -0.39 is 5.82 Å². The fourth-order valence-electron chi connectivity index (χ4n) is 2.70. The number of anilines is 1. The van der Waals surface area contributed by atoms with E-state index in [2.05, 4.69) is 10.3 Å². The number of benzene rings is 2. The molecule has 2 aromatic carbocycles. The van der Waals surface area contributed by atoms with Crippen LogP contribution < -0.4 is 10.1 Å². The van der Waals surface area contributed by atoms with Gasteiger partial charge in [-0.15, -0.1) is 0 Å². The molecule has 0 atom stereocenters. The number of carbonyl (C=O) groups is 1. The highest BCUT2D eigenvalue weighted by Crippen LogP contribution is 2.24. The molecule has 0 unspecified atom stereocenters. The lowest BCUT2D eigenvalue weighted by Gasteiger charge is -2.12. The van der Waals surface area contributed by atoms with Gasteiger partial charge < -0.3 is 15.2 Å². The predicted octanol–water partition coefficient (Wildman–Crippen LogP) is 3.44. The molecule has 5 nitrogen and oxygen atoms in total. The molecule has 128 valence electrons. The number of rotatable bonds is 4. The molecule has 6 heteroatoms. The highest BCUT2D eigenvalue weighted by Gasteiger charge is 2.14. The smallest absolute Gasteiger partial charge is 0.256 e. The van der Waals surface area contributed by atoms with Gasteiger partial charge in [0.1, 0.15) is 11.6 Å². The van der Waals surface area contributed by atoms with E-state index in [0.29, 0.717) is 39.2 Å². The Bertz CT molecular complexity index is 952. The Hall–Kier alpha value is -2.99. The number of aromatic nitrogens is 1. The van der Waals surface area contributed by atoms with Crippen LogP contribution in [0, 0.1) is 12.7 Å². The van der Waals surface area contributed by atoms with E-state index in [1.807, 2.05) is 0 Å². The minimum Gasteiger partial charge on any atom is -0.496 e. The quantitative estimate of drug-likeness (QED) is 0.763. The van der Waals surface area contributed by atoms with E-state index >= 15 is 0 Å². The number of pyridine rings is 1. The third-order valence-corrected chi connectivity index (χ3v) is 3.85. The average molecular weight is 340 g/mol. The number of amides is 1. The Morgan fingerprint density at radius 2 is 2.04 bits per heavy atom. The molecule has 0 bridgehead atoms. The van der Waals surface area contributed by atoms with Gasteiger partial charge in [0.2, 0.25) is 0 Å². The Balaban J connectivity index is 1.98. The van der Waals surface area contributed by atoms with Gasteiger partial charge in [-0.25, -0.2) is 4.39 Å². The van der Waals surface area contributed by atoms with Crippen LogP contribution in [0.1, 0.15) is 21.6 Å². The fourth-order valence-corrected chi connectivity index (χ4v) is 2.70. The van der Waals surface area contributed by atoms with Crippen LogP contribution in [0.3, 0.4) is 0 Å². The van der Waals surface area contributed by atoms with Gasteiger partial charge in [0.25, 0.3) is 5.91 Å².